The normalized spacial score (nSPS) is 26.0. The van der Waals surface area contributed by atoms with Gasteiger partial charge in [-0.2, -0.15) is 0 Å². The molecule has 2 heterocycles. The molecule has 0 saturated carbocycles. The van der Waals surface area contributed by atoms with E-state index in [4.69, 9.17) is 16.3 Å². The second kappa shape index (κ2) is 7.42. The first kappa shape index (κ1) is 15.7. The second-order valence-electron chi connectivity index (χ2n) is 5.70. The number of benzene rings is 1. The minimum atomic E-state index is -0.391. The highest BCUT2D eigenvalue weighted by Crippen LogP contribution is 2.30. The summed E-state index contributed by atoms with van der Waals surface area (Å²) in [4.78, 5) is 2.23. The molecule has 1 fully saturated rings. The van der Waals surface area contributed by atoms with Crippen molar-refractivity contribution in [3.05, 3.63) is 46.9 Å². The monoisotopic (exact) mass is 325 g/mol. The van der Waals surface area contributed by atoms with Crippen LogP contribution in [0.5, 0.6) is 0 Å². The van der Waals surface area contributed by atoms with Crippen LogP contribution in [0.25, 0.3) is 0 Å². The SMILES string of the molecule is Fc1cc([C@@H]2OCCNC[C@H]2CN2C=CCNC2)ccc1Cl. The lowest BCUT2D eigenvalue weighted by atomic mass is 9.94. The molecule has 4 nitrogen and oxygen atoms in total. The maximum absolute atomic E-state index is 13.8. The lowest BCUT2D eigenvalue weighted by Gasteiger charge is -2.32. The molecule has 2 aliphatic heterocycles. The van der Waals surface area contributed by atoms with Crippen LogP contribution in [0.1, 0.15) is 11.7 Å². The quantitative estimate of drug-likeness (QED) is 0.892. The fourth-order valence-electron chi connectivity index (χ4n) is 2.98. The third kappa shape index (κ3) is 3.79. The summed E-state index contributed by atoms with van der Waals surface area (Å²) in [5.74, 6) is -0.147. The van der Waals surface area contributed by atoms with E-state index in [0.29, 0.717) is 6.61 Å². The Kier molecular flexibility index (Phi) is 5.31. The van der Waals surface area contributed by atoms with Crippen molar-refractivity contribution in [1.29, 1.82) is 0 Å². The van der Waals surface area contributed by atoms with Crippen LogP contribution in [0.4, 0.5) is 4.39 Å². The molecular weight excluding hydrogens is 305 g/mol. The first-order valence-corrected chi connectivity index (χ1v) is 8.00. The molecule has 0 unspecified atom stereocenters. The number of hydrogen-bond acceptors (Lipinski definition) is 4. The van der Waals surface area contributed by atoms with E-state index in [1.54, 1.807) is 6.07 Å². The van der Waals surface area contributed by atoms with E-state index in [2.05, 4.69) is 27.8 Å². The Morgan fingerprint density at radius 3 is 3.05 bits per heavy atom. The van der Waals surface area contributed by atoms with Gasteiger partial charge in [-0.25, -0.2) is 4.39 Å². The standard InChI is InChI=1S/C16H21ClFN3O/c17-14-3-2-12(8-15(14)18)16-13(9-19-5-7-22-16)10-21-6-1-4-20-11-21/h1-3,6,8,13,16,19-20H,4-5,7,9-11H2/t13-,16-/m0/s1. The summed E-state index contributed by atoms with van der Waals surface area (Å²) in [7, 11) is 0. The van der Waals surface area contributed by atoms with E-state index in [0.717, 1.165) is 38.4 Å². The van der Waals surface area contributed by atoms with E-state index >= 15 is 0 Å². The largest absolute Gasteiger partial charge is 0.372 e. The Morgan fingerprint density at radius 2 is 2.27 bits per heavy atom. The smallest absolute Gasteiger partial charge is 0.142 e. The van der Waals surface area contributed by atoms with Crippen LogP contribution in [0.2, 0.25) is 5.02 Å². The number of nitrogens with zero attached hydrogens (tertiary/aromatic N) is 1. The predicted molar refractivity (Wildman–Crippen MR) is 85.2 cm³/mol. The molecule has 2 N–H and O–H groups in total. The van der Waals surface area contributed by atoms with Gasteiger partial charge in [0.05, 0.1) is 24.4 Å². The van der Waals surface area contributed by atoms with Gasteiger partial charge >= 0.3 is 0 Å². The summed E-state index contributed by atoms with van der Waals surface area (Å²) in [6, 6.07) is 4.96. The number of nitrogens with one attached hydrogen (secondary N) is 2. The van der Waals surface area contributed by atoms with Crippen LogP contribution in [-0.2, 0) is 4.74 Å². The Bertz CT molecular complexity index is 540. The minimum absolute atomic E-state index is 0.128. The van der Waals surface area contributed by atoms with Crippen molar-refractivity contribution >= 4 is 11.6 Å². The lowest BCUT2D eigenvalue weighted by molar-refractivity contribution is 0.0217. The van der Waals surface area contributed by atoms with Crippen molar-refractivity contribution in [2.45, 2.75) is 6.10 Å². The number of halogens is 2. The molecule has 2 aliphatic rings. The highest BCUT2D eigenvalue weighted by molar-refractivity contribution is 6.30. The molecule has 1 aromatic rings. The van der Waals surface area contributed by atoms with E-state index in [-0.39, 0.29) is 17.0 Å². The average molecular weight is 326 g/mol. The van der Waals surface area contributed by atoms with Crippen LogP contribution < -0.4 is 10.6 Å². The second-order valence-corrected chi connectivity index (χ2v) is 6.10. The van der Waals surface area contributed by atoms with Crippen LogP contribution in [-0.4, -0.2) is 44.4 Å². The van der Waals surface area contributed by atoms with E-state index in [1.165, 1.54) is 6.07 Å². The van der Waals surface area contributed by atoms with Gasteiger partial charge in [-0.15, -0.1) is 0 Å². The molecule has 0 bridgehead atoms. The van der Waals surface area contributed by atoms with Crippen LogP contribution in [0.3, 0.4) is 0 Å². The van der Waals surface area contributed by atoms with Gasteiger partial charge in [-0.3, -0.25) is 5.32 Å². The van der Waals surface area contributed by atoms with Crippen molar-refractivity contribution in [3.63, 3.8) is 0 Å². The molecule has 6 heteroatoms. The molecule has 1 aromatic carbocycles. The third-order valence-corrected chi connectivity index (χ3v) is 4.35. The highest BCUT2D eigenvalue weighted by Gasteiger charge is 2.28. The van der Waals surface area contributed by atoms with Crippen molar-refractivity contribution in [1.82, 2.24) is 15.5 Å². The lowest BCUT2D eigenvalue weighted by Crippen LogP contribution is -2.40. The van der Waals surface area contributed by atoms with Crippen molar-refractivity contribution in [2.24, 2.45) is 5.92 Å². The minimum Gasteiger partial charge on any atom is -0.372 e. The van der Waals surface area contributed by atoms with Crippen LogP contribution >= 0.6 is 11.6 Å². The molecule has 3 rings (SSSR count). The zero-order valence-corrected chi connectivity index (χ0v) is 13.2. The Morgan fingerprint density at radius 1 is 1.36 bits per heavy atom. The molecule has 120 valence electrons. The van der Waals surface area contributed by atoms with E-state index < -0.39 is 5.82 Å². The van der Waals surface area contributed by atoms with Gasteiger partial charge < -0.3 is 15.0 Å². The first-order chi connectivity index (χ1) is 10.7. The molecule has 0 radical (unpaired) electrons. The maximum atomic E-state index is 13.8. The van der Waals surface area contributed by atoms with Crippen molar-refractivity contribution < 1.29 is 9.13 Å². The van der Waals surface area contributed by atoms with E-state index in [9.17, 15) is 4.39 Å². The number of hydrogen-bond donors (Lipinski definition) is 2. The molecule has 22 heavy (non-hydrogen) atoms. The Hall–Kier alpha value is -1.14. The van der Waals surface area contributed by atoms with Gasteiger partial charge in [0, 0.05) is 32.1 Å². The fourth-order valence-corrected chi connectivity index (χ4v) is 3.10. The van der Waals surface area contributed by atoms with Gasteiger partial charge in [-0.05, 0) is 23.9 Å². The molecule has 0 aliphatic carbocycles. The first-order valence-electron chi connectivity index (χ1n) is 7.63. The van der Waals surface area contributed by atoms with Gasteiger partial charge in [-0.1, -0.05) is 23.7 Å². The zero-order valence-electron chi connectivity index (χ0n) is 12.4. The summed E-state index contributed by atoms with van der Waals surface area (Å²) in [5.41, 5.74) is 0.851. The maximum Gasteiger partial charge on any atom is 0.142 e. The Labute approximate surface area is 135 Å². The molecule has 0 spiro atoms. The van der Waals surface area contributed by atoms with Gasteiger partial charge in [0.1, 0.15) is 5.82 Å². The molecule has 0 amide bonds. The van der Waals surface area contributed by atoms with Crippen LogP contribution in [0, 0.1) is 11.7 Å². The summed E-state index contributed by atoms with van der Waals surface area (Å²) < 4.78 is 19.8. The van der Waals surface area contributed by atoms with Crippen molar-refractivity contribution in [3.8, 4) is 0 Å². The topological polar surface area (TPSA) is 36.5 Å². The molecular formula is C16H21ClFN3O. The zero-order chi connectivity index (χ0) is 15.4. The number of ether oxygens (including phenoxy) is 1. The summed E-state index contributed by atoms with van der Waals surface area (Å²) in [5, 5.41) is 6.86. The summed E-state index contributed by atoms with van der Waals surface area (Å²) >= 11 is 5.79. The van der Waals surface area contributed by atoms with E-state index in [1.807, 2.05) is 6.07 Å². The molecule has 0 aromatic heterocycles. The summed E-state index contributed by atoms with van der Waals surface area (Å²) in [6.45, 7) is 4.87. The van der Waals surface area contributed by atoms with Gasteiger partial charge in [0.15, 0.2) is 0 Å². The fraction of sp³-hybridized carbons (Fsp3) is 0.500. The van der Waals surface area contributed by atoms with Crippen LogP contribution in [0.15, 0.2) is 30.5 Å². The third-order valence-electron chi connectivity index (χ3n) is 4.05. The summed E-state index contributed by atoms with van der Waals surface area (Å²) in [6.07, 6.45) is 4.09. The highest BCUT2D eigenvalue weighted by atomic mass is 35.5. The Balaban J connectivity index is 1.78. The molecule has 2 atom stereocenters. The number of rotatable bonds is 3. The van der Waals surface area contributed by atoms with Gasteiger partial charge in [0.2, 0.25) is 0 Å². The van der Waals surface area contributed by atoms with Crippen molar-refractivity contribution in [2.75, 3.05) is 39.5 Å². The van der Waals surface area contributed by atoms with Gasteiger partial charge in [0.25, 0.3) is 0 Å². The average Bonchev–Trinajstić information content (AvgIpc) is 2.77. The molecule has 1 saturated heterocycles. The predicted octanol–water partition coefficient (Wildman–Crippen LogP) is 2.13.